The molecule has 33 heavy (non-hydrogen) atoms. The third-order valence-corrected chi connectivity index (χ3v) is 7.35. The molecule has 9 heteroatoms. The van der Waals surface area contributed by atoms with E-state index in [9.17, 15) is 18.0 Å². The molecule has 1 amide bonds. The van der Waals surface area contributed by atoms with Crippen LogP contribution in [0.4, 0.5) is 5.69 Å². The van der Waals surface area contributed by atoms with E-state index in [2.05, 4.69) is 10.0 Å². The average Bonchev–Trinajstić information content (AvgIpc) is 2.74. The van der Waals surface area contributed by atoms with Crippen LogP contribution in [0, 0.1) is 20.8 Å². The van der Waals surface area contributed by atoms with Crippen LogP contribution in [-0.4, -0.2) is 32.4 Å². The lowest BCUT2D eigenvalue weighted by atomic mass is 9.87. The Morgan fingerprint density at radius 2 is 1.70 bits per heavy atom. The van der Waals surface area contributed by atoms with E-state index in [0.29, 0.717) is 30.0 Å². The van der Waals surface area contributed by atoms with Gasteiger partial charge >= 0.3 is 5.97 Å². The van der Waals surface area contributed by atoms with Crippen LogP contribution >= 0.6 is 0 Å². The van der Waals surface area contributed by atoms with Crippen LogP contribution in [0.1, 0.15) is 49.4 Å². The number of sulfonamides is 1. The summed E-state index contributed by atoms with van der Waals surface area (Å²) in [6.45, 7) is 10.4. The Balaban J connectivity index is 1.79. The zero-order valence-corrected chi connectivity index (χ0v) is 20.6. The zero-order valence-electron chi connectivity index (χ0n) is 19.8. The number of fused-ring (bicyclic) bond motifs is 1. The van der Waals surface area contributed by atoms with Gasteiger partial charge < -0.3 is 14.8 Å². The highest BCUT2D eigenvalue weighted by atomic mass is 32.2. The van der Waals surface area contributed by atoms with E-state index in [1.54, 1.807) is 12.1 Å². The number of amides is 1. The van der Waals surface area contributed by atoms with Crippen molar-refractivity contribution in [2.45, 2.75) is 64.9 Å². The number of hydrogen-bond donors (Lipinski definition) is 2. The van der Waals surface area contributed by atoms with Crippen molar-refractivity contribution in [3.8, 4) is 11.5 Å². The molecule has 1 heterocycles. The van der Waals surface area contributed by atoms with Crippen LogP contribution < -0.4 is 19.5 Å². The summed E-state index contributed by atoms with van der Waals surface area (Å²) in [4.78, 5) is 22.8. The molecule has 2 aromatic rings. The van der Waals surface area contributed by atoms with Gasteiger partial charge in [-0.15, -0.1) is 0 Å². The Morgan fingerprint density at radius 1 is 1.06 bits per heavy atom. The largest absolute Gasteiger partial charge is 0.486 e. The molecule has 0 aliphatic carbocycles. The third kappa shape index (κ3) is 5.36. The highest BCUT2D eigenvalue weighted by Gasteiger charge is 2.36. The fourth-order valence-electron chi connectivity index (χ4n) is 3.95. The maximum Gasteiger partial charge on any atom is 0.308 e. The van der Waals surface area contributed by atoms with E-state index in [4.69, 9.17) is 9.47 Å². The molecule has 0 radical (unpaired) electrons. The summed E-state index contributed by atoms with van der Waals surface area (Å²) in [7, 11) is -3.77. The number of esters is 1. The summed E-state index contributed by atoms with van der Waals surface area (Å²) in [6, 6.07) is 5.97. The first kappa shape index (κ1) is 24.7. The van der Waals surface area contributed by atoms with Crippen LogP contribution in [0.2, 0.25) is 0 Å². The molecule has 1 atom stereocenters. The quantitative estimate of drug-likeness (QED) is 0.489. The first-order valence-corrected chi connectivity index (χ1v) is 12.2. The maximum absolute atomic E-state index is 12.8. The molecule has 178 valence electrons. The molecular formula is C24H30N2O6S. The third-order valence-electron chi connectivity index (χ3n) is 5.93. The van der Waals surface area contributed by atoms with Gasteiger partial charge in [-0.25, -0.2) is 13.1 Å². The van der Waals surface area contributed by atoms with Gasteiger partial charge in [-0.05, 0) is 81.5 Å². The second-order valence-corrected chi connectivity index (χ2v) is 10.5. The van der Waals surface area contributed by atoms with Crippen molar-refractivity contribution >= 4 is 27.6 Å². The molecular weight excluding hydrogens is 444 g/mol. The van der Waals surface area contributed by atoms with Gasteiger partial charge in [-0.2, -0.15) is 0 Å². The van der Waals surface area contributed by atoms with Crippen molar-refractivity contribution in [3.63, 3.8) is 0 Å². The van der Waals surface area contributed by atoms with E-state index in [1.165, 1.54) is 26.0 Å². The Morgan fingerprint density at radius 3 is 2.27 bits per heavy atom. The smallest absolute Gasteiger partial charge is 0.308 e. The lowest BCUT2D eigenvalue weighted by molar-refractivity contribution is -0.132. The standard InChI is InChI=1S/C24H30N2O6S/c1-14-15(2)23-21(16(3)22(14)31-18(5)28)11-12-24(6,32-23)13-25-33(29,30)20-9-7-19(8-10-20)26-17(4)27/h7-10,25H,11-13H2,1-6H3,(H,26,27). The predicted molar refractivity (Wildman–Crippen MR) is 125 cm³/mol. The Labute approximate surface area is 194 Å². The molecule has 1 aliphatic heterocycles. The minimum absolute atomic E-state index is 0.0887. The number of carbonyl (C=O) groups excluding carboxylic acids is 2. The molecule has 1 unspecified atom stereocenters. The van der Waals surface area contributed by atoms with Crippen molar-refractivity contribution in [3.05, 3.63) is 46.5 Å². The van der Waals surface area contributed by atoms with E-state index >= 15 is 0 Å². The summed E-state index contributed by atoms with van der Waals surface area (Å²) >= 11 is 0. The summed E-state index contributed by atoms with van der Waals surface area (Å²) in [5.41, 5.74) is 3.31. The van der Waals surface area contributed by atoms with Gasteiger partial charge in [0, 0.05) is 25.1 Å². The lowest BCUT2D eigenvalue weighted by Gasteiger charge is -2.38. The average molecular weight is 475 g/mol. The van der Waals surface area contributed by atoms with Gasteiger partial charge in [0.2, 0.25) is 15.9 Å². The molecule has 0 fully saturated rings. The molecule has 0 spiro atoms. The number of ether oxygens (including phenoxy) is 2. The molecule has 1 aliphatic rings. The van der Waals surface area contributed by atoms with Crippen molar-refractivity contribution in [1.29, 1.82) is 0 Å². The first-order valence-electron chi connectivity index (χ1n) is 10.7. The molecule has 0 aromatic heterocycles. The fourth-order valence-corrected chi connectivity index (χ4v) is 5.11. The number of nitrogens with one attached hydrogen (secondary N) is 2. The normalized spacial score (nSPS) is 17.6. The van der Waals surface area contributed by atoms with E-state index < -0.39 is 15.6 Å². The van der Waals surface area contributed by atoms with Crippen molar-refractivity contribution < 1.29 is 27.5 Å². The summed E-state index contributed by atoms with van der Waals surface area (Å²) in [5.74, 6) is 0.677. The van der Waals surface area contributed by atoms with E-state index in [1.807, 2.05) is 27.7 Å². The maximum atomic E-state index is 12.8. The van der Waals surface area contributed by atoms with Gasteiger partial charge in [-0.1, -0.05) is 0 Å². The van der Waals surface area contributed by atoms with Crippen molar-refractivity contribution in [2.24, 2.45) is 0 Å². The molecule has 8 nitrogen and oxygen atoms in total. The van der Waals surface area contributed by atoms with Crippen LogP contribution in [0.15, 0.2) is 29.2 Å². The summed E-state index contributed by atoms with van der Waals surface area (Å²) in [6.07, 6.45) is 1.26. The Kier molecular flexibility index (Phi) is 6.85. The number of hydrogen-bond acceptors (Lipinski definition) is 6. The minimum atomic E-state index is -3.77. The fraction of sp³-hybridized carbons (Fsp3) is 0.417. The monoisotopic (exact) mass is 474 g/mol. The van der Waals surface area contributed by atoms with E-state index in [0.717, 1.165) is 22.3 Å². The second kappa shape index (κ2) is 9.15. The number of anilines is 1. The molecule has 2 N–H and O–H groups in total. The van der Waals surface area contributed by atoms with Gasteiger partial charge in [0.15, 0.2) is 0 Å². The van der Waals surface area contributed by atoms with Crippen molar-refractivity contribution in [2.75, 3.05) is 11.9 Å². The van der Waals surface area contributed by atoms with Crippen LogP contribution in [-0.2, 0) is 26.0 Å². The zero-order chi connectivity index (χ0) is 24.6. The molecule has 2 aromatic carbocycles. The summed E-state index contributed by atoms with van der Waals surface area (Å²) < 4.78 is 40.1. The molecule has 3 rings (SSSR count). The highest BCUT2D eigenvalue weighted by Crippen LogP contribution is 2.43. The predicted octanol–water partition coefficient (Wildman–Crippen LogP) is 3.56. The van der Waals surface area contributed by atoms with Crippen LogP contribution in [0.25, 0.3) is 0 Å². The van der Waals surface area contributed by atoms with Crippen molar-refractivity contribution in [1.82, 2.24) is 4.72 Å². The van der Waals surface area contributed by atoms with Gasteiger partial charge in [-0.3, -0.25) is 9.59 Å². The van der Waals surface area contributed by atoms with Crippen LogP contribution in [0.3, 0.4) is 0 Å². The number of carbonyl (C=O) groups is 2. The number of rotatable bonds is 6. The van der Waals surface area contributed by atoms with Gasteiger partial charge in [0.05, 0.1) is 11.4 Å². The van der Waals surface area contributed by atoms with Gasteiger partial charge in [0.25, 0.3) is 0 Å². The van der Waals surface area contributed by atoms with Gasteiger partial charge in [0.1, 0.15) is 17.1 Å². The topological polar surface area (TPSA) is 111 Å². The summed E-state index contributed by atoms with van der Waals surface area (Å²) in [5, 5.41) is 2.61. The minimum Gasteiger partial charge on any atom is -0.486 e. The Hall–Kier alpha value is -2.91. The molecule has 0 bridgehead atoms. The molecule has 0 saturated heterocycles. The SMILES string of the molecule is CC(=O)Nc1ccc(S(=O)(=O)NCC2(C)CCc3c(C)c(OC(C)=O)c(C)c(C)c3O2)cc1. The second-order valence-electron chi connectivity index (χ2n) is 8.69. The Bertz CT molecular complexity index is 1200. The number of benzene rings is 2. The van der Waals surface area contributed by atoms with Crippen LogP contribution in [0.5, 0.6) is 11.5 Å². The van der Waals surface area contributed by atoms with E-state index in [-0.39, 0.29) is 23.3 Å². The lowest BCUT2D eigenvalue weighted by Crippen LogP contribution is -2.47. The highest BCUT2D eigenvalue weighted by molar-refractivity contribution is 7.89. The first-order chi connectivity index (χ1) is 15.3. The molecule has 0 saturated carbocycles.